The van der Waals surface area contributed by atoms with Crippen molar-refractivity contribution in [3.05, 3.63) is 95.6 Å². The van der Waals surface area contributed by atoms with Gasteiger partial charge in [0.05, 0.1) is 31.0 Å². The Labute approximate surface area is 199 Å². The Morgan fingerprint density at radius 3 is 2.38 bits per heavy atom. The number of hydrogen-bond donors (Lipinski definition) is 1. The molecule has 1 amide bonds. The van der Waals surface area contributed by atoms with Gasteiger partial charge in [0, 0.05) is 5.56 Å². The van der Waals surface area contributed by atoms with Crippen LogP contribution in [0.15, 0.2) is 84.4 Å². The highest BCUT2D eigenvalue weighted by atomic mass is 16.5. The predicted molar refractivity (Wildman–Crippen MR) is 131 cm³/mol. The monoisotopic (exact) mass is 457 g/mol. The fourth-order valence-corrected chi connectivity index (χ4v) is 4.01. The van der Waals surface area contributed by atoms with Gasteiger partial charge in [-0.15, -0.1) is 0 Å². The van der Waals surface area contributed by atoms with Crippen LogP contribution >= 0.6 is 0 Å². The van der Waals surface area contributed by atoms with Gasteiger partial charge in [-0.1, -0.05) is 68.4 Å². The van der Waals surface area contributed by atoms with Gasteiger partial charge in [0.1, 0.15) is 17.3 Å². The molecule has 0 saturated carbocycles. The molecule has 0 spiro atoms. The van der Waals surface area contributed by atoms with Crippen molar-refractivity contribution in [2.24, 2.45) is 5.92 Å². The first kappa shape index (κ1) is 23.1. The maximum atomic E-state index is 13.3. The first-order chi connectivity index (χ1) is 16.4. The van der Waals surface area contributed by atoms with E-state index in [1.54, 1.807) is 48.5 Å². The van der Waals surface area contributed by atoms with Gasteiger partial charge in [-0.05, 0) is 35.7 Å². The van der Waals surface area contributed by atoms with Crippen LogP contribution in [0.1, 0.15) is 31.0 Å². The van der Waals surface area contributed by atoms with E-state index in [2.05, 4.69) is 0 Å². The quantitative estimate of drug-likeness (QED) is 0.294. The minimum atomic E-state index is -0.822. The number of methoxy groups -OCH3 is 1. The van der Waals surface area contributed by atoms with E-state index in [9.17, 15) is 14.7 Å². The zero-order chi connectivity index (χ0) is 24.2. The second kappa shape index (κ2) is 9.83. The summed E-state index contributed by atoms with van der Waals surface area (Å²) in [6.45, 7) is 4.61. The molecule has 0 radical (unpaired) electrons. The van der Waals surface area contributed by atoms with Gasteiger partial charge in [-0.25, -0.2) is 0 Å². The Hall–Kier alpha value is -4.06. The average Bonchev–Trinajstić information content (AvgIpc) is 3.13. The molecule has 3 aromatic rings. The number of Topliss-reactive ketones (excluding diaryl/α,β-unsaturated/α-hetero) is 1. The van der Waals surface area contributed by atoms with Gasteiger partial charge in [-0.3, -0.25) is 14.5 Å². The Morgan fingerprint density at radius 1 is 0.971 bits per heavy atom. The lowest BCUT2D eigenvalue weighted by Crippen LogP contribution is -2.29. The number of rotatable bonds is 7. The van der Waals surface area contributed by atoms with Crippen molar-refractivity contribution in [1.82, 2.24) is 0 Å². The lowest BCUT2D eigenvalue weighted by Gasteiger charge is -2.26. The van der Waals surface area contributed by atoms with Crippen LogP contribution in [0.25, 0.3) is 5.76 Å². The first-order valence-corrected chi connectivity index (χ1v) is 11.1. The van der Waals surface area contributed by atoms with Crippen molar-refractivity contribution < 1.29 is 24.2 Å². The van der Waals surface area contributed by atoms with Gasteiger partial charge < -0.3 is 14.6 Å². The van der Waals surface area contributed by atoms with Crippen molar-refractivity contribution in [3.8, 4) is 11.5 Å². The zero-order valence-electron chi connectivity index (χ0n) is 19.4. The number of nitrogens with zero attached hydrogens (tertiary/aromatic N) is 1. The summed E-state index contributed by atoms with van der Waals surface area (Å²) in [5.74, 6) is -0.374. The molecular weight excluding hydrogens is 430 g/mol. The fraction of sp³-hybridized carbons (Fsp3) is 0.214. The number of carbonyl (C=O) groups is 2. The number of anilines is 1. The van der Waals surface area contributed by atoms with Gasteiger partial charge in [0.2, 0.25) is 0 Å². The maximum Gasteiger partial charge on any atom is 0.300 e. The van der Waals surface area contributed by atoms with Crippen LogP contribution in [0.2, 0.25) is 0 Å². The molecule has 1 heterocycles. The average molecular weight is 458 g/mol. The van der Waals surface area contributed by atoms with E-state index in [1.165, 1.54) is 12.0 Å². The van der Waals surface area contributed by atoms with Crippen LogP contribution in [-0.4, -0.2) is 30.5 Å². The molecule has 6 heteroatoms. The van der Waals surface area contributed by atoms with Crippen molar-refractivity contribution in [2.75, 3.05) is 18.6 Å². The molecule has 1 N–H and O–H groups in total. The second-order valence-electron chi connectivity index (χ2n) is 8.48. The molecule has 1 fully saturated rings. The molecule has 3 aromatic carbocycles. The number of amides is 1. The van der Waals surface area contributed by atoms with Crippen LogP contribution < -0.4 is 14.4 Å². The molecule has 1 unspecified atom stereocenters. The summed E-state index contributed by atoms with van der Waals surface area (Å²) in [6, 6.07) is 22.3. The summed E-state index contributed by atoms with van der Waals surface area (Å²) < 4.78 is 11.3. The highest BCUT2D eigenvalue weighted by Gasteiger charge is 2.47. The molecule has 1 aliphatic rings. The highest BCUT2D eigenvalue weighted by Crippen LogP contribution is 2.44. The van der Waals surface area contributed by atoms with Crippen LogP contribution in [0.3, 0.4) is 0 Å². The molecule has 0 bridgehead atoms. The van der Waals surface area contributed by atoms with Crippen LogP contribution in [0.4, 0.5) is 5.69 Å². The Kier molecular flexibility index (Phi) is 6.68. The van der Waals surface area contributed by atoms with Crippen molar-refractivity contribution in [3.63, 3.8) is 0 Å². The number of aliphatic hydroxyl groups excluding tert-OH is 1. The third kappa shape index (κ3) is 4.39. The number of ketones is 1. The van der Waals surface area contributed by atoms with E-state index in [0.29, 0.717) is 40.8 Å². The van der Waals surface area contributed by atoms with E-state index in [0.717, 1.165) is 0 Å². The summed E-state index contributed by atoms with van der Waals surface area (Å²) in [5, 5.41) is 11.3. The zero-order valence-corrected chi connectivity index (χ0v) is 19.4. The second-order valence-corrected chi connectivity index (χ2v) is 8.48. The summed E-state index contributed by atoms with van der Waals surface area (Å²) in [4.78, 5) is 28.0. The van der Waals surface area contributed by atoms with Gasteiger partial charge in [0.15, 0.2) is 0 Å². The first-order valence-electron chi connectivity index (χ1n) is 11.1. The van der Waals surface area contributed by atoms with E-state index < -0.39 is 17.7 Å². The molecule has 0 aromatic heterocycles. The van der Waals surface area contributed by atoms with Gasteiger partial charge in [0.25, 0.3) is 11.7 Å². The van der Waals surface area contributed by atoms with Gasteiger partial charge >= 0.3 is 0 Å². The molecule has 1 saturated heterocycles. The summed E-state index contributed by atoms with van der Waals surface area (Å²) >= 11 is 0. The van der Waals surface area contributed by atoms with E-state index >= 15 is 0 Å². The normalized spacial score (nSPS) is 17.3. The maximum absolute atomic E-state index is 13.3. The minimum Gasteiger partial charge on any atom is -0.507 e. The molecule has 0 aliphatic carbocycles. The van der Waals surface area contributed by atoms with Crippen molar-refractivity contribution >= 4 is 23.1 Å². The third-order valence-corrected chi connectivity index (χ3v) is 5.60. The van der Waals surface area contributed by atoms with E-state index in [-0.39, 0.29) is 11.3 Å². The standard InChI is InChI=1S/C28H27NO5/c1-18(2)17-34-21-13-9-12-20(16-21)26(30)24-25(19-10-5-4-6-11-19)29(28(32)27(24)31)22-14-7-8-15-23(22)33-3/h4-16,18,25,30H,17H2,1-3H3/b26-24-. The van der Waals surface area contributed by atoms with Gasteiger partial charge in [-0.2, -0.15) is 0 Å². The smallest absolute Gasteiger partial charge is 0.300 e. The highest BCUT2D eigenvalue weighted by molar-refractivity contribution is 6.51. The number of hydrogen-bond acceptors (Lipinski definition) is 5. The van der Waals surface area contributed by atoms with E-state index in [4.69, 9.17) is 9.47 Å². The third-order valence-electron chi connectivity index (χ3n) is 5.60. The van der Waals surface area contributed by atoms with Crippen LogP contribution in [0.5, 0.6) is 11.5 Å². The predicted octanol–water partition coefficient (Wildman–Crippen LogP) is 5.36. The molecule has 6 nitrogen and oxygen atoms in total. The minimum absolute atomic E-state index is 0.0168. The van der Waals surface area contributed by atoms with Crippen LogP contribution in [-0.2, 0) is 9.59 Å². The van der Waals surface area contributed by atoms with Crippen LogP contribution in [0, 0.1) is 5.92 Å². The lowest BCUT2D eigenvalue weighted by atomic mass is 9.95. The molecule has 1 aliphatic heterocycles. The number of aliphatic hydroxyl groups is 1. The molecule has 34 heavy (non-hydrogen) atoms. The fourth-order valence-electron chi connectivity index (χ4n) is 4.01. The SMILES string of the molecule is COc1ccccc1N1C(=O)C(=O)/C(=C(\O)c2cccc(OCC(C)C)c2)C1c1ccccc1. The number of ether oxygens (including phenoxy) is 2. The summed E-state index contributed by atoms with van der Waals surface area (Å²) in [7, 11) is 1.51. The number of para-hydroxylation sites is 2. The van der Waals surface area contributed by atoms with Crippen molar-refractivity contribution in [1.29, 1.82) is 0 Å². The molecule has 174 valence electrons. The lowest BCUT2D eigenvalue weighted by molar-refractivity contribution is -0.132. The topological polar surface area (TPSA) is 76.1 Å². The molecular formula is C28H27NO5. The number of carbonyl (C=O) groups excluding carboxylic acids is 2. The molecule has 1 atom stereocenters. The summed E-state index contributed by atoms with van der Waals surface area (Å²) in [5.41, 5.74) is 1.57. The Balaban J connectivity index is 1.87. The summed E-state index contributed by atoms with van der Waals surface area (Å²) in [6.07, 6.45) is 0. The number of benzene rings is 3. The largest absolute Gasteiger partial charge is 0.507 e. The van der Waals surface area contributed by atoms with E-state index in [1.807, 2.05) is 44.2 Å². The Bertz CT molecular complexity index is 1230. The van der Waals surface area contributed by atoms with Crippen molar-refractivity contribution in [2.45, 2.75) is 19.9 Å². The molecule has 4 rings (SSSR count). The Morgan fingerprint density at radius 2 is 1.68 bits per heavy atom.